The number of nitrogens with one attached hydrogen (secondary N) is 1. The first-order chi connectivity index (χ1) is 16.7. The highest BCUT2D eigenvalue weighted by Crippen LogP contribution is 2.69. The van der Waals surface area contributed by atoms with Crippen LogP contribution in [0.4, 0.5) is 5.69 Å². The Morgan fingerprint density at radius 1 is 0.857 bits per heavy atom. The number of amides is 3. The first-order valence-corrected chi connectivity index (χ1v) is 12.3. The van der Waals surface area contributed by atoms with Crippen molar-refractivity contribution >= 4 is 58.2 Å². The van der Waals surface area contributed by atoms with Crippen LogP contribution in [0.5, 0.6) is 0 Å². The molecule has 2 atom stereocenters. The molecule has 1 aliphatic heterocycles. The molecule has 3 aliphatic carbocycles. The minimum absolute atomic E-state index is 0.441. The van der Waals surface area contributed by atoms with Gasteiger partial charge in [-0.15, -0.1) is 23.2 Å². The quantitative estimate of drug-likeness (QED) is 0.378. The maximum absolute atomic E-state index is 13.8. The van der Waals surface area contributed by atoms with Gasteiger partial charge in [-0.2, -0.15) is 0 Å². The van der Waals surface area contributed by atoms with Gasteiger partial charge in [0.25, 0.3) is 0 Å². The van der Waals surface area contributed by atoms with E-state index in [1.54, 1.807) is 18.2 Å². The standard InChI is InChI=1S/C27H19Cl3N2O3/c1-14-10-11-15(28)12-20(14)31-21(33)13-32-24(34)22-23(25(32)35)27(30)17-7-3-2-6-16(17)26(22,29)18-8-4-5-9-19(18)27/h2-12,22-23H,13H2,1H3,(H,31,33)/t22-,23+,26?,27?. The zero-order valence-electron chi connectivity index (χ0n) is 18.5. The number of anilines is 1. The lowest BCUT2D eigenvalue weighted by Gasteiger charge is -2.54. The summed E-state index contributed by atoms with van der Waals surface area (Å²) in [6.07, 6.45) is 0. The van der Waals surface area contributed by atoms with Crippen molar-refractivity contribution in [2.45, 2.75) is 16.7 Å². The molecule has 2 bridgehead atoms. The molecule has 1 saturated heterocycles. The third-order valence-electron chi connectivity index (χ3n) is 7.45. The van der Waals surface area contributed by atoms with Gasteiger partial charge in [0.1, 0.15) is 16.3 Å². The molecule has 8 heteroatoms. The Hall–Kier alpha value is -2.86. The molecule has 3 amide bonds. The highest BCUT2D eigenvalue weighted by atomic mass is 35.5. The van der Waals surface area contributed by atoms with Crippen LogP contribution in [0.15, 0.2) is 66.7 Å². The molecule has 176 valence electrons. The Morgan fingerprint density at radius 3 is 1.77 bits per heavy atom. The van der Waals surface area contributed by atoms with Crippen LogP contribution in [0, 0.1) is 18.8 Å². The monoisotopic (exact) mass is 524 g/mol. The van der Waals surface area contributed by atoms with Gasteiger partial charge in [-0.1, -0.05) is 66.2 Å². The van der Waals surface area contributed by atoms with Gasteiger partial charge < -0.3 is 5.32 Å². The Labute approximate surface area is 217 Å². The normalized spacial score (nSPS) is 27.9. The summed E-state index contributed by atoms with van der Waals surface area (Å²) < 4.78 is 0. The van der Waals surface area contributed by atoms with Gasteiger partial charge in [-0.3, -0.25) is 19.3 Å². The number of aryl methyl sites for hydroxylation is 1. The molecule has 5 nitrogen and oxygen atoms in total. The van der Waals surface area contributed by atoms with E-state index in [0.717, 1.165) is 32.7 Å². The van der Waals surface area contributed by atoms with Crippen LogP contribution < -0.4 is 5.32 Å². The van der Waals surface area contributed by atoms with Crippen LogP contribution in [0.1, 0.15) is 27.8 Å². The maximum atomic E-state index is 13.8. The molecule has 3 aromatic carbocycles. The number of likely N-dealkylation sites (tertiary alicyclic amines) is 1. The fourth-order valence-corrected chi connectivity index (χ4v) is 7.21. The van der Waals surface area contributed by atoms with Crippen molar-refractivity contribution in [2.24, 2.45) is 11.8 Å². The van der Waals surface area contributed by atoms with Crippen molar-refractivity contribution in [1.29, 1.82) is 0 Å². The zero-order valence-corrected chi connectivity index (χ0v) is 20.8. The molecule has 0 saturated carbocycles. The summed E-state index contributed by atoms with van der Waals surface area (Å²) in [6, 6.07) is 20.0. The number of halogens is 3. The van der Waals surface area contributed by atoms with Crippen LogP contribution in [-0.4, -0.2) is 29.2 Å². The van der Waals surface area contributed by atoms with Gasteiger partial charge in [0.2, 0.25) is 17.7 Å². The number of hydrogen-bond acceptors (Lipinski definition) is 3. The number of alkyl halides is 2. The van der Waals surface area contributed by atoms with E-state index in [1.807, 2.05) is 55.5 Å². The predicted octanol–water partition coefficient (Wildman–Crippen LogP) is 5.18. The van der Waals surface area contributed by atoms with Gasteiger partial charge in [0.05, 0.1) is 11.8 Å². The Morgan fingerprint density at radius 2 is 1.31 bits per heavy atom. The summed E-state index contributed by atoms with van der Waals surface area (Å²) in [6.45, 7) is 1.39. The second kappa shape index (κ2) is 7.57. The van der Waals surface area contributed by atoms with Crippen molar-refractivity contribution in [2.75, 3.05) is 11.9 Å². The van der Waals surface area contributed by atoms with E-state index < -0.39 is 45.9 Å². The predicted molar refractivity (Wildman–Crippen MR) is 135 cm³/mol. The summed E-state index contributed by atoms with van der Waals surface area (Å²) in [7, 11) is 0. The fourth-order valence-electron chi connectivity index (χ4n) is 5.94. The van der Waals surface area contributed by atoms with Gasteiger partial charge >= 0.3 is 0 Å². The average molecular weight is 526 g/mol. The van der Waals surface area contributed by atoms with Crippen molar-refractivity contribution in [3.05, 3.63) is 99.6 Å². The third-order valence-corrected chi connectivity index (χ3v) is 8.97. The minimum atomic E-state index is -1.27. The number of carbonyl (C=O) groups is 3. The Bertz CT molecular complexity index is 1330. The maximum Gasteiger partial charge on any atom is 0.244 e. The summed E-state index contributed by atoms with van der Waals surface area (Å²) >= 11 is 20.8. The number of benzene rings is 3. The second-order valence-corrected chi connectivity index (χ2v) is 10.9. The Kier molecular flexibility index (Phi) is 4.89. The zero-order chi connectivity index (χ0) is 24.7. The number of imide groups is 1. The molecule has 1 fully saturated rings. The van der Waals surface area contributed by atoms with E-state index in [0.29, 0.717) is 10.7 Å². The fraction of sp³-hybridized carbons (Fsp3) is 0.222. The van der Waals surface area contributed by atoms with Crippen LogP contribution in [-0.2, 0) is 24.1 Å². The van der Waals surface area contributed by atoms with Crippen LogP contribution in [0.2, 0.25) is 5.02 Å². The first-order valence-electron chi connectivity index (χ1n) is 11.2. The highest BCUT2D eigenvalue weighted by Gasteiger charge is 2.73. The summed E-state index contributed by atoms with van der Waals surface area (Å²) in [5, 5.41) is 3.22. The molecule has 0 unspecified atom stereocenters. The molecule has 1 heterocycles. The topological polar surface area (TPSA) is 66.5 Å². The van der Waals surface area contributed by atoms with Crippen LogP contribution in [0.3, 0.4) is 0 Å². The SMILES string of the molecule is Cc1ccc(Cl)cc1NC(=O)CN1C(=O)[C@@H]2[C@H](C1=O)C1(Cl)c3ccccc3C2(Cl)c2ccccc21. The van der Waals surface area contributed by atoms with Gasteiger partial charge in [0, 0.05) is 10.7 Å². The molecule has 7 rings (SSSR count). The van der Waals surface area contributed by atoms with Crippen LogP contribution in [0.25, 0.3) is 0 Å². The molecular weight excluding hydrogens is 507 g/mol. The van der Waals surface area contributed by atoms with E-state index in [1.165, 1.54) is 0 Å². The van der Waals surface area contributed by atoms with E-state index in [2.05, 4.69) is 5.32 Å². The van der Waals surface area contributed by atoms with Crippen molar-refractivity contribution < 1.29 is 14.4 Å². The Balaban J connectivity index is 1.42. The van der Waals surface area contributed by atoms with Gasteiger partial charge in [-0.05, 0) is 46.9 Å². The first kappa shape index (κ1) is 22.6. The molecule has 0 radical (unpaired) electrons. The lowest BCUT2D eigenvalue weighted by atomic mass is 9.54. The number of hydrogen-bond donors (Lipinski definition) is 1. The third kappa shape index (κ3) is 2.86. The molecule has 4 aliphatic rings. The van der Waals surface area contributed by atoms with Gasteiger partial charge in [0.15, 0.2) is 0 Å². The van der Waals surface area contributed by atoms with Crippen molar-refractivity contribution in [3.8, 4) is 0 Å². The van der Waals surface area contributed by atoms with E-state index in [9.17, 15) is 14.4 Å². The second-order valence-electron chi connectivity index (χ2n) is 9.24. The lowest BCUT2D eigenvalue weighted by molar-refractivity contribution is -0.142. The number of rotatable bonds is 3. The molecule has 3 aromatic rings. The largest absolute Gasteiger partial charge is 0.324 e. The van der Waals surface area contributed by atoms with Crippen LogP contribution >= 0.6 is 34.8 Å². The summed E-state index contributed by atoms with van der Waals surface area (Å²) in [5.74, 6) is -3.37. The highest BCUT2D eigenvalue weighted by molar-refractivity contribution is 6.36. The van der Waals surface area contributed by atoms with Crippen molar-refractivity contribution in [3.63, 3.8) is 0 Å². The lowest BCUT2D eigenvalue weighted by Crippen LogP contribution is -2.57. The molecule has 0 aromatic heterocycles. The molecular formula is C27H19Cl3N2O3. The van der Waals surface area contributed by atoms with E-state index in [4.69, 9.17) is 34.8 Å². The number of nitrogens with zero attached hydrogens (tertiary/aromatic N) is 1. The summed E-state index contributed by atoms with van der Waals surface area (Å²) in [4.78, 5) is 39.0. The minimum Gasteiger partial charge on any atom is -0.324 e. The smallest absolute Gasteiger partial charge is 0.244 e. The van der Waals surface area contributed by atoms with E-state index in [-0.39, 0.29) is 0 Å². The molecule has 1 N–H and O–H groups in total. The van der Waals surface area contributed by atoms with E-state index >= 15 is 0 Å². The molecule has 0 spiro atoms. The summed E-state index contributed by atoms with van der Waals surface area (Å²) in [5.41, 5.74) is 4.20. The average Bonchev–Trinajstić information content (AvgIpc) is 3.10. The number of carbonyl (C=O) groups excluding carboxylic acids is 3. The van der Waals surface area contributed by atoms with Gasteiger partial charge in [-0.25, -0.2) is 0 Å². The van der Waals surface area contributed by atoms with Crippen molar-refractivity contribution in [1.82, 2.24) is 4.90 Å². The molecule has 35 heavy (non-hydrogen) atoms.